The van der Waals surface area contributed by atoms with Gasteiger partial charge in [0.25, 0.3) is 0 Å². The van der Waals surface area contributed by atoms with Crippen LogP contribution in [0, 0.1) is 5.92 Å². The van der Waals surface area contributed by atoms with Crippen molar-refractivity contribution in [1.29, 1.82) is 0 Å². The third-order valence-corrected chi connectivity index (χ3v) is 4.83. The van der Waals surface area contributed by atoms with Crippen LogP contribution in [-0.2, 0) is 11.3 Å². The van der Waals surface area contributed by atoms with Crippen molar-refractivity contribution in [2.24, 2.45) is 5.92 Å². The zero-order valence-electron chi connectivity index (χ0n) is 14.4. The van der Waals surface area contributed by atoms with Gasteiger partial charge in [-0.1, -0.05) is 61.4 Å². The third-order valence-electron chi connectivity index (χ3n) is 4.83. The fourth-order valence-corrected chi connectivity index (χ4v) is 3.41. The van der Waals surface area contributed by atoms with E-state index in [0.717, 1.165) is 19.0 Å². The van der Waals surface area contributed by atoms with Crippen LogP contribution in [0.15, 0.2) is 60.7 Å². The van der Waals surface area contributed by atoms with Gasteiger partial charge in [0.1, 0.15) is 5.75 Å². The predicted octanol–water partition coefficient (Wildman–Crippen LogP) is 5.62. The molecule has 0 heterocycles. The lowest BCUT2D eigenvalue weighted by atomic mass is 9.90. The lowest BCUT2D eigenvalue weighted by Gasteiger charge is -2.25. The molecule has 0 bridgehead atoms. The molecule has 0 N–H and O–H groups in total. The zero-order chi connectivity index (χ0) is 16.5. The average Bonchev–Trinajstić information content (AvgIpc) is 2.62. The summed E-state index contributed by atoms with van der Waals surface area (Å²) in [6.45, 7) is 1.59. The van der Waals surface area contributed by atoms with Crippen molar-refractivity contribution in [2.45, 2.75) is 51.2 Å². The second-order valence-corrected chi connectivity index (χ2v) is 6.77. The number of ether oxygens (including phenoxy) is 2. The van der Waals surface area contributed by atoms with Gasteiger partial charge in [-0.05, 0) is 49.3 Å². The molecule has 2 aromatic rings. The Morgan fingerprint density at radius 2 is 1.38 bits per heavy atom. The standard InChI is InChI=1S/C22H28O2/c1-3-9-19(10-4-1)17-24-22-15-7-11-20(12-8-16-22)18-23-21-13-5-2-6-14-21/h1-6,9-10,13-14,20,22H,7-8,11-12,15-18H2. The van der Waals surface area contributed by atoms with Crippen molar-refractivity contribution in [3.05, 3.63) is 66.2 Å². The maximum Gasteiger partial charge on any atom is 0.119 e. The summed E-state index contributed by atoms with van der Waals surface area (Å²) in [6, 6.07) is 20.6. The van der Waals surface area contributed by atoms with Gasteiger partial charge in [-0.15, -0.1) is 0 Å². The highest BCUT2D eigenvalue weighted by Gasteiger charge is 2.18. The van der Waals surface area contributed by atoms with E-state index >= 15 is 0 Å². The Kier molecular flexibility index (Phi) is 6.73. The number of hydrogen-bond acceptors (Lipinski definition) is 2. The van der Waals surface area contributed by atoms with Gasteiger partial charge in [-0.3, -0.25) is 0 Å². The summed E-state index contributed by atoms with van der Waals surface area (Å²) in [5.41, 5.74) is 1.27. The van der Waals surface area contributed by atoms with E-state index in [-0.39, 0.29) is 0 Å². The highest BCUT2D eigenvalue weighted by atomic mass is 16.5. The van der Waals surface area contributed by atoms with Gasteiger partial charge in [0.2, 0.25) is 0 Å². The molecule has 0 aromatic heterocycles. The van der Waals surface area contributed by atoms with Gasteiger partial charge in [0.05, 0.1) is 19.3 Å². The molecule has 3 rings (SSSR count). The van der Waals surface area contributed by atoms with Gasteiger partial charge >= 0.3 is 0 Å². The highest BCUT2D eigenvalue weighted by molar-refractivity contribution is 5.20. The van der Waals surface area contributed by atoms with E-state index in [4.69, 9.17) is 9.47 Å². The Balaban J connectivity index is 1.37. The van der Waals surface area contributed by atoms with Crippen LogP contribution in [0.1, 0.15) is 44.1 Å². The highest BCUT2D eigenvalue weighted by Crippen LogP contribution is 2.25. The van der Waals surface area contributed by atoms with E-state index in [0.29, 0.717) is 12.0 Å². The molecule has 1 aliphatic rings. The van der Waals surface area contributed by atoms with Crippen molar-refractivity contribution in [1.82, 2.24) is 0 Å². The minimum absolute atomic E-state index is 0.418. The maximum atomic E-state index is 6.14. The summed E-state index contributed by atoms with van der Waals surface area (Å²) >= 11 is 0. The van der Waals surface area contributed by atoms with Crippen LogP contribution in [0.2, 0.25) is 0 Å². The molecule has 0 spiro atoms. The Morgan fingerprint density at radius 1 is 0.750 bits per heavy atom. The van der Waals surface area contributed by atoms with Crippen LogP contribution in [0.4, 0.5) is 0 Å². The number of hydrogen-bond donors (Lipinski definition) is 0. The van der Waals surface area contributed by atoms with Crippen LogP contribution in [0.25, 0.3) is 0 Å². The molecule has 2 heteroatoms. The molecule has 128 valence electrons. The Morgan fingerprint density at radius 3 is 2.04 bits per heavy atom. The van der Waals surface area contributed by atoms with Crippen molar-refractivity contribution in [3.63, 3.8) is 0 Å². The quantitative estimate of drug-likeness (QED) is 0.686. The van der Waals surface area contributed by atoms with Crippen molar-refractivity contribution in [2.75, 3.05) is 6.61 Å². The Bertz CT molecular complexity index is 506. The van der Waals surface area contributed by atoms with Crippen LogP contribution >= 0.6 is 0 Å². The fraction of sp³-hybridized carbons (Fsp3) is 0.455. The van der Waals surface area contributed by atoms with E-state index in [1.807, 2.05) is 30.3 Å². The summed E-state index contributed by atoms with van der Waals surface area (Å²) in [5.74, 6) is 1.67. The van der Waals surface area contributed by atoms with Gasteiger partial charge in [-0.2, -0.15) is 0 Å². The molecule has 0 aliphatic heterocycles. The molecule has 2 aromatic carbocycles. The summed E-state index contributed by atoms with van der Waals surface area (Å²) in [4.78, 5) is 0. The van der Waals surface area contributed by atoms with Crippen LogP contribution in [0.3, 0.4) is 0 Å². The summed E-state index contributed by atoms with van der Waals surface area (Å²) < 4.78 is 12.1. The van der Waals surface area contributed by atoms with E-state index in [1.165, 1.54) is 44.1 Å². The number of benzene rings is 2. The summed E-state index contributed by atoms with van der Waals surface area (Å²) in [6.07, 6.45) is 7.74. The molecule has 0 saturated heterocycles. The van der Waals surface area contributed by atoms with E-state index < -0.39 is 0 Å². The molecule has 0 radical (unpaired) electrons. The second-order valence-electron chi connectivity index (χ2n) is 6.77. The third kappa shape index (κ3) is 5.68. The first-order chi connectivity index (χ1) is 11.9. The zero-order valence-corrected chi connectivity index (χ0v) is 14.4. The first kappa shape index (κ1) is 17.0. The lowest BCUT2D eigenvalue weighted by Crippen LogP contribution is -2.20. The maximum absolute atomic E-state index is 6.14. The van der Waals surface area contributed by atoms with Crippen LogP contribution < -0.4 is 4.74 Å². The van der Waals surface area contributed by atoms with E-state index in [2.05, 4.69) is 30.3 Å². The molecule has 1 aliphatic carbocycles. The topological polar surface area (TPSA) is 18.5 Å². The molecule has 1 fully saturated rings. The van der Waals surface area contributed by atoms with E-state index in [1.54, 1.807) is 0 Å². The first-order valence-electron chi connectivity index (χ1n) is 9.23. The number of rotatable bonds is 6. The van der Waals surface area contributed by atoms with Crippen LogP contribution in [0.5, 0.6) is 5.75 Å². The van der Waals surface area contributed by atoms with Crippen molar-refractivity contribution >= 4 is 0 Å². The van der Waals surface area contributed by atoms with E-state index in [9.17, 15) is 0 Å². The van der Waals surface area contributed by atoms with Gasteiger partial charge in [0, 0.05) is 0 Å². The summed E-state index contributed by atoms with van der Waals surface area (Å²) in [5, 5.41) is 0. The van der Waals surface area contributed by atoms with Crippen molar-refractivity contribution in [3.8, 4) is 5.75 Å². The second kappa shape index (κ2) is 9.48. The molecule has 0 unspecified atom stereocenters. The minimum Gasteiger partial charge on any atom is -0.493 e. The smallest absolute Gasteiger partial charge is 0.119 e. The molecule has 0 amide bonds. The molecular weight excluding hydrogens is 296 g/mol. The fourth-order valence-electron chi connectivity index (χ4n) is 3.41. The minimum atomic E-state index is 0.418. The molecule has 2 nitrogen and oxygen atoms in total. The molecular formula is C22H28O2. The van der Waals surface area contributed by atoms with Gasteiger partial charge < -0.3 is 9.47 Å². The Labute approximate surface area is 145 Å². The van der Waals surface area contributed by atoms with Crippen molar-refractivity contribution < 1.29 is 9.47 Å². The largest absolute Gasteiger partial charge is 0.493 e. The molecule has 0 atom stereocenters. The van der Waals surface area contributed by atoms with Gasteiger partial charge in [0.15, 0.2) is 0 Å². The summed E-state index contributed by atoms with van der Waals surface area (Å²) in [7, 11) is 0. The number of para-hydroxylation sites is 1. The lowest BCUT2D eigenvalue weighted by molar-refractivity contribution is 0.0194. The normalized spacial score (nSPS) is 21.7. The SMILES string of the molecule is c1ccc(COC2CCCC(COc3ccccc3)CCC2)cc1. The van der Waals surface area contributed by atoms with Crippen LogP contribution in [-0.4, -0.2) is 12.7 Å². The Hall–Kier alpha value is -1.80. The molecule has 24 heavy (non-hydrogen) atoms. The van der Waals surface area contributed by atoms with Gasteiger partial charge in [-0.25, -0.2) is 0 Å². The average molecular weight is 324 g/mol. The predicted molar refractivity (Wildman–Crippen MR) is 98.1 cm³/mol. The monoisotopic (exact) mass is 324 g/mol. The molecule has 1 saturated carbocycles. The first-order valence-corrected chi connectivity index (χ1v) is 9.23.